The lowest BCUT2D eigenvalue weighted by Gasteiger charge is -2.04. The zero-order valence-electron chi connectivity index (χ0n) is 5.84. The van der Waals surface area contributed by atoms with Crippen LogP contribution in [0.5, 0.6) is 0 Å². The first-order valence-corrected chi connectivity index (χ1v) is 3.89. The fourth-order valence-electron chi connectivity index (χ4n) is 1.61. The van der Waals surface area contributed by atoms with Crippen molar-refractivity contribution >= 4 is 0 Å². The first-order valence-electron chi connectivity index (χ1n) is 3.89. The third kappa shape index (κ3) is 2.35. The van der Waals surface area contributed by atoms with Crippen molar-refractivity contribution in [3.63, 3.8) is 0 Å². The maximum Gasteiger partial charge on any atom is 0.0799 e. The highest BCUT2D eigenvalue weighted by atomic mass is 16.2. The number of hydrogen-bond donors (Lipinski definition) is 1. The van der Waals surface area contributed by atoms with E-state index in [1.807, 2.05) is 0 Å². The Balaban J connectivity index is 1.98. The molecule has 0 heterocycles. The highest BCUT2D eigenvalue weighted by Gasteiger charge is 2.13. The Morgan fingerprint density at radius 2 is 2.00 bits per heavy atom. The van der Waals surface area contributed by atoms with E-state index >= 15 is 0 Å². The molecule has 1 saturated carbocycles. The van der Waals surface area contributed by atoms with Gasteiger partial charge in [0.25, 0.3) is 0 Å². The van der Waals surface area contributed by atoms with Crippen molar-refractivity contribution in [1.29, 1.82) is 0 Å². The summed E-state index contributed by atoms with van der Waals surface area (Å²) in [6, 6.07) is 0. The van der Waals surface area contributed by atoms with Crippen LogP contribution in [0.4, 0.5) is 0 Å². The molecule has 0 unspecified atom stereocenters. The summed E-state index contributed by atoms with van der Waals surface area (Å²) in [7, 11) is 0. The molecule has 0 atom stereocenters. The van der Waals surface area contributed by atoms with Crippen LogP contribution in [0.2, 0.25) is 0 Å². The van der Waals surface area contributed by atoms with E-state index in [4.69, 9.17) is 5.11 Å². The molecule has 1 aliphatic rings. The van der Waals surface area contributed by atoms with Crippen LogP contribution < -0.4 is 0 Å². The lowest BCUT2D eigenvalue weighted by Crippen LogP contribution is -1.92. The smallest absolute Gasteiger partial charge is 0.0799 e. The summed E-state index contributed by atoms with van der Waals surface area (Å²) in [5, 5.41) is 8.40. The number of rotatable bonds is 3. The molecule has 53 valence electrons. The minimum Gasteiger partial charge on any atom is -0.390 e. The minimum atomic E-state index is 0.894. The SMILES string of the molecule is O[CH]CCC1CCCC1. The van der Waals surface area contributed by atoms with Crippen LogP contribution in [0.3, 0.4) is 0 Å². The zero-order chi connectivity index (χ0) is 6.53. The molecular weight excluding hydrogens is 112 g/mol. The third-order valence-corrected chi connectivity index (χ3v) is 2.18. The lowest BCUT2D eigenvalue weighted by molar-refractivity contribution is 0.351. The average molecular weight is 127 g/mol. The van der Waals surface area contributed by atoms with Crippen molar-refractivity contribution < 1.29 is 5.11 Å². The minimum absolute atomic E-state index is 0.894. The van der Waals surface area contributed by atoms with Crippen molar-refractivity contribution in [3.8, 4) is 0 Å². The van der Waals surface area contributed by atoms with Gasteiger partial charge in [0.1, 0.15) is 0 Å². The first-order chi connectivity index (χ1) is 4.43. The molecular formula is C8H15O. The molecule has 0 bridgehead atoms. The molecule has 0 saturated heterocycles. The molecule has 0 aromatic carbocycles. The van der Waals surface area contributed by atoms with Crippen molar-refractivity contribution in [2.24, 2.45) is 5.92 Å². The summed E-state index contributed by atoms with van der Waals surface area (Å²) in [6.45, 7) is 1.29. The summed E-state index contributed by atoms with van der Waals surface area (Å²) in [5.74, 6) is 0.924. The second-order valence-electron chi connectivity index (χ2n) is 2.91. The molecule has 1 fully saturated rings. The molecule has 1 nitrogen and oxygen atoms in total. The summed E-state index contributed by atoms with van der Waals surface area (Å²) in [5.41, 5.74) is 0. The first kappa shape index (κ1) is 7.07. The van der Waals surface area contributed by atoms with E-state index in [9.17, 15) is 0 Å². The predicted molar refractivity (Wildman–Crippen MR) is 37.4 cm³/mol. The fraction of sp³-hybridized carbons (Fsp3) is 0.875. The molecule has 0 spiro atoms. The molecule has 1 rings (SSSR count). The molecule has 1 N–H and O–H groups in total. The molecule has 0 aromatic heterocycles. The van der Waals surface area contributed by atoms with Gasteiger partial charge in [0.15, 0.2) is 0 Å². The van der Waals surface area contributed by atoms with Crippen LogP contribution in [0.25, 0.3) is 0 Å². The standard InChI is InChI=1S/C8H15O/c9-7-3-6-8-4-1-2-5-8/h7-9H,1-6H2. The Morgan fingerprint density at radius 1 is 1.33 bits per heavy atom. The van der Waals surface area contributed by atoms with E-state index in [-0.39, 0.29) is 0 Å². The van der Waals surface area contributed by atoms with E-state index in [1.165, 1.54) is 38.7 Å². The highest BCUT2D eigenvalue weighted by Crippen LogP contribution is 2.28. The summed E-state index contributed by atoms with van der Waals surface area (Å²) in [6.07, 6.45) is 7.72. The number of aliphatic hydroxyl groups excluding tert-OH is 1. The Labute approximate surface area is 57.1 Å². The Bertz CT molecular complexity index is 65.0. The van der Waals surface area contributed by atoms with Gasteiger partial charge in [-0.2, -0.15) is 0 Å². The van der Waals surface area contributed by atoms with Crippen molar-refractivity contribution in [3.05, 3.63) is 6.61 Å². The molecule has 0 aliphatic heterocycles. The normalized spacial score (nSPS) is 21.0. The van der Waals surface area contributed by atoms with Crippen molar-refractivity contribution in [2.45, 2.75) is 38.5 Å². The van der Waals surface area contributed by atoms with Crippen molar-refractivity contribution in [1.82, 2.24) is 0 Å². The quantitative estimate of drug-likeness (QED) is 0.617. The van der Waals surface area contributed by atoms with Crippen LogP contribution in [0.1, 0.15) is 38.5 Å². The topological polar surface area (TPSA) is 20.2 Å². The van der Waals surface area contributed by atoms with Crippen LogP contribution in [0.15, 0.2) is 0 Å². The van der Waals surface area contributed by atoms with Gasteiger partial charge < -0.3 is 5.11 Å². The molecule has 1 radical (unpaired) electrons. The fourth-order valence-corrected chi connectivity index (χ4v) is 1.61. The van der Waals surface area contributed by atoms with E-state index in [0.717, 1.165) is 12.3 Å². The molecule has 0 aromatic rings. The van der Waals surface area contributed by atoms with Gasteiger partial charge in [-0.15, -0.1) is 0 Å². The Kier molecular flexibility index (Phi) is 3.05. The van der Waals surface area contributed by atoms with Gasteiger partial charge in [-0.25, -0.2) is 0 Å². The molecule has 0 amide bonds. The summed E-state index contributed by atoms with van der Waals surface area (Å²) < 4.78 is 0. The van der Waals surface area contributed by atoms with E-state index < -0.39 is 0 Å². The van der Waals surface area contributed by atoms with Gasteiger partial charge in [0, 0.05) is 0 Å². The van der Waals surface area contributed by atoms with Gasteiger partial charge in [-0.05, 0) is 18.8 Å². The van der Waals surface area contributed by atoms with Gasteiger partial charge in [-0.1, -0.05) is 25.7 Å². The Hall–Kier alpha value is -0.0400. The van der Waals surface area contributed by atoms with Crippen LogP contribution >= 0.6 is 0 Å². The van der Waals surface area contributed by atoms with E-state index in [2.05, 4.69) is 0 Å². The lowest BCUT2D eigenvalue weighted by atomic mass is 10.0. The van der Waals surface area contributed by atoms with Gasteiger partial charge in [0.2, 0.25) is 0 Å². The average Bonchev–Trinajstić information content (AvgIpc) is 2.34. The van der Waals surface area contributed by atoms with Crippen molar-refractivity contribution in [2.75, 3.05) is 0 Å². The summed E-state index contributed by atoms with van der Waals surface area (Å²) >= 11 is 0. The number of aliphatic hydroxyl groups is 1. The number of hydrogen-bond acceptors (Lipinski definition) is 1. The molecule has 1 aliphatic carbocycles. The van der Waals surface area contributed by atoms with E-state index in [1.54, 1.807) is 0 Å². The second kappa shape index (κ2) is 3.89. The maximum absolute atomic E-state index is 8.40. The van der Waals surface area contributed by atoms with E-state index in [0.29, 0.717) is 0 Å². The van der Waals surface area contributed by atoms with Gasteiger partial charge in [0.05, 0.1) is 6.61 Å². The van der Waals surface area contributed by atoms with Gasteiger partial charge in [-0.3, -0.25) is 0 Å². The zero-order valence-corrected chi connectivity index (χ0v) is 5.84. The van der Waals surface area contributed by atoms with Gasteiger partial charge >= 0.3 is 0 Å². The Morgan fingerprint density at radius 3 is 2.56 bits per heavy atom. The molecule has 9 heavy (non-hydrogen) atoms. The third-order valence-electron chi connectivity index (χ3n) is 2.18. The maximum atomic E-state index is 8.40. The monoisotopic (exact) mass is 127 g/mol. The van der Waals surface area contributed by atoms with Crippen LogP contribution in [0, 0.1) is 12.5 Å². The summed E-state index contributed by atoms with van der Waals surface area (Å²) in [4.78, 5) is 0. The molecule has 1 heteroatoms. The van der Waals surface area contributed by atoms with Crippen LogP contribution in [-0.4, -0.2) is 5.11 Å². The largest absolute Gasteiger partial charge is 0.390 e. The predicted octanol–water partition coefficient (Wildman–Crippen LogP) is 2.49. The van der Waals surface area contributed by atoms with Crippen LogP contribution in [-0.2, 0) is 0 Å². The second-order valence-corrected chi connectivity index (χ2v) is 2.91. The highest BCUT2D eigenvalue weighted by molar-refractivity contribution is 4.68.